The molecule has 1 saturated heterocycles. The van der Waals surface area contributed by atoms with Crippen LogP contribution in [0.4, 0.5) is 0 Å². The molecule has 0 amide bonds. The zero-order valence-corrected chi connectivity index (χ0v) is 22.1. The molecule has 5 heteroatoms. The number of Topliss-reactive ketones (excluding diaryl/α,β-unsaturated/α-hetero) is 1. The monoisotopic (exact) mass is 480 g/mol. The fourth-order valence-corrected chi connectivity index (χ4v) is 10.8. The number of cyclic esters (lactones) is 1. The standard InChI is InChI=1S/C30H40O5/c1-25(2)21-14-22(31)28(6)20(27(21,5)10-9-23(32)34-25)8-11-29-16-30(28,29)12-7-18(29)17-13-19(33-15-17)24-26(3,4)35-24/h9-10,15,18-21,24H,7-8,11-14,16H2,1-6H3/t18-,19+,20+,21-,24-,27+,28-,29+,30+/m0/s1. The van der Waals surface area contributed by atoms with E-state index in [1.54, 1.807) is 6.08 Å². The van der Waals surface area contributed by atoms with Crippen LogP contribution in [0.2, 0.25) is 0 Å². The van der Waals surface area contributed by atoms with Crippen LogP contribution in [0.3, 0.4) is 0 Å². The number of carbonyl (C=O) groups is 2. The molecule has 0 aromatic rings. The summed E-state index contributed by atoms with van der Waals surface area (Å²) in [6.45, 7) is 12.9. The number of ether oxygens (including phenoxy) is 3. The maximum Gasteiger partial charge on any atom is 0.330 e. The van der Waals surface area contributed by atoms with Gasteiger partial charge in [-0.2, -0.15) is 0 Å². The first-order valence-corrected chi connectivity index (χ1v) is 13.8. The summed E-state index contributed by atoms with van der Waals surface area (Å²) >= 11 is 0. The molecule has 4 saturated carbocycles. The second kappa shape index (κ2) is 6.26. The summed E-state index contributed by atoms with van der Waals surface area (Å²) < 4.78 is 17.9. The van der Waals surface area contributed by atoms with Crippen molar-refractivity contribution in [3.63, 3.8) is 0 Å². The van der Waals surface area contributed by atoms with Gasteiger partial charge in [0.15, 0.2) is 0 Å². The van der Waals surface area contributed by atoms with Crippen molar-refractivity contribution in [2.75, 3.05) is 0 Å². The Hall–Kier alpha value is -1.62. The third-order valence-corrected chi connectivity index (χ3v) is 12.5. The number of esters is 1. The molecule has 3 heterocycles. The van der Waals surface area contributed by atoms with Gasteiger partial charge in [-0.25, -0.2) is 4.79 Å². The highest BCUT2D eigenvalue weighted by molar-refractivity contribution is 5.90. The first-order valence-electron chi connectivity index (χ1n) is 13.8. The van der Waals surface area contributed by atoms with E-state index in [1.165, 1.54) is 18.4 Å². The van der Waals surface area contributed by atoms with E-state index in [2.05, 4.69) is 40.0 Å². The van der Waals surface area contributed by atoms with Crippen LogP contribution in [0.1, 0.15) is 86.5 Å². The number of hydrogen-bond acceptors (Lipinski definition) is 5. The molecular formula is C30H40O5. The highest BCUT2D eigenvalue weighted by atomic mass is 16.6. The lowest BCUT2D eigenvalue weighted by Gasteiger charge is -2.61. The van der Waals surface area contributed by atoms with Gasteiger partial charge in [0.25, 0.3) is 0 Å². The van der Waals surface area contributed by atoms with Gasteiger partial charge in [-0.1, -0.05) is 19.9 Å². The Morgan fingerprint density at radius 2 is 1.66 bits per heavy atom. The number of carbonyl (C=O) groups excluding carboxylic acids is 2. The third kappa shape index (κ3) is 2.50. The predicted octanol–water partition coefficient (Wildman–Crippen LogP) is 5.53. The molecule has 9 atom stereocenters. The number of allylic oxidation sites excluding steroid dienone is 1. The van der Waals surface area contributed by atoms with Crippen molar-refractivity contribution in [2.45, 2.75) is 110 Å². The van der Waals surface area contributed by atoms with Gasteiger partial charge in [-0.3, -0.25) is 4.79 Å². The zero-order valence-electron chi connectivity index (χ0n) is 22.1. The van der Waals surface area contributed by atoms with Crippen molar-refractivity contribution in [3.8, 4) is 0 Å². The number of ketones is 1. The number of epoxide rings is 1. The molecule has 0 aromatic heterocycles. The van der Waals surface area contributed by atoms with Crippen LogP contribution in [-0.2, 0) is 23.8 Å². The lowest BCUT2D eigenvalue weighted by atomic mass is 9.41. The van der Waals surface area contributed by atoms with Crippen molar-refractivity contribution < 1.29 is 23.8 Å². The largest absolute Gasteiger partial charge is 0.495 e. The fraction of sp³-hybridized carbons (Fsp3) is 0.800. The Labute approximate surface area is 209 Å². The topological polar surface area (TPSA) is 65.1 Å². The fourth-order valence-electron chi connectivity index (χ4n) is 10.8. The molecule has 0 bridgehead atoms. The van der Waals surface area contributed by atoms with E-state index in [0.717, 1.165) is 25.7 Å². The maximum absolute atomic E-state index is 14.2. The van der Waals surface area contributed by atoms with Crippen LogP contribution in [0.15, 0.2) is 24.0 Å². The Morgan fingerprint density at radius 1 is 0.914 bits per heavy atom. The van der Waals surface area contributed by atoms with Crippen LogP contribution in [-0.4, -0.2) is 35.2 Å². The molecule has 4 aliphatic carbocycles. The van der Waals surface area contributed by atoms with E-state index >= 15 is 0 Å². The molecule has 7 rings (SSSR count). The second-order valence-corrected chi connectivity index (χ2v) is 14.4. The lowest BCUT2D eigenvalue weighted by molar-refractivity contribution is -0.184. The minimum Gasteiger partial charge on any atom is -0.495 e. The van der Waals surface area contributed by atoms with Gasteiger partial charge < -0.3 is 14.2 Å². The summed E-state index contributed by atoms with van der Waals surface area (Å²) in [5.74, 6) is 0.909. The summed E-state index contributed by atoms with van der Waals surface area (Å²) in [7, 11) is 0. The van der Waals surface area contributed by atoms with Crippen molar-refractivity contribution in [1.29, 1.82) is 0 Å². The first kappa shape index (κ1) is 22.6. The zero-order chi connectivity index (χ0) is 24.8. The number of hydrogen-bond donors (Lipinski definition) is 0. The van der Waals surface area contributed by atoms with E-state index in [0.29, 0.717) is 18.1 Å². The van der Waals surface area contributed by atoms with E-state index in [1.807, 2.05) is 13.8 Å². The molecule has 0 N–H and O–H groups in total. The van der Waals surface area contributed by atoms with Crippen LogP contribution in [0.25, 0.3) is 0 Å². The van der Waals surface area contributed by atoms with E-state index in [9.17, 15) is 9.59 Å². The Bertz CT molecular complexity index is 1100. The van der Waals surface area contributed by atoms with E-state index in [-0.39, 0.29) is 57.3 Å². The quantitative estimate of drug-likeness (QED) is 0.384. The predicted molar refractivity (Wildman–Crippen MR) is 130 cm³/mol. The lowest BCUT2D eigenvalue weighted by Crippen LogP contribution is -2.62. The van der Waals surface area contributed by atoms with Crippen LogP contribution >= 0.6 is 0 Å². The van der Waals surface area contributed by atoms with E-state index < -0.39 is 5.60 Å². The molecule has 0 radical (unpaired) electrons. The first-order chi connectivity index (χ1) is 16.3. The smallest absolute Gasteiger partial charge is 0.330 e. The van der Waals surface area contributed by atoms with Gasteiger partial charge in [0.05, 0.1) is 11.9 Å². The Kier molecular flexibility index (Phi) is 4.04. The molecule has 5 nitrogen and oxygen atoms in total. The number of fused-ring (bicyclic) bond motifs is 3. The van der Waals surface area contributed by atoms with Crippen molar-refractivity contribution >= 4 is 11.8 Å². The highest BCUT2D eigenvalue weighted by Gasteiger charge is 2.85. The maximum atomic E-state index is 14.2. The molecule has 0 unspecified atom stereocenters. The molecular weight excluding hydrogens is 440 g/mol. The Balaban J connectivity index is 1.22. The summed E-state index contributed by atoms with van der Waals surface area (Å²) in [4.78, 5) is 26.7. The third-order valence-electron chi connectivity index (χ3n) is 12.5. The van der Waals surface area contributed by atoms with Gasteiger partial charge in [0.2, 0.25) is 0 Å². The van der Waals surface area contributed by atoms with Crippen LogP contribution in [0.5, 0.6) is 0 Å². The molecule has 7 aliphatic rings. The minimum atomic E-state index is -0.653. The molecule has 35 heavy (non-hydrogen) atoms. The SMILES string of the molecule is CC1(C)O[C@H]1[C@H]1CC([C@@H]2CC[C@]34C[C@]23CC[C@@H]2[C@@]3(C)C=CC(=O)OC(C)(C)[C@@H]3CC(=O)[C@]24C)=CO1. The molecule has 0 spiro atoms. The molecule has 0 aromatic carbocycles. The Morgan fingerprint density at radius 3 is 2.37 bits per heavy atom. The number of rotatable bonds is 2. The normalized spacial score (nSPS) is 54.3. The van der Waals surface area contributed by atoms with Crippen LogP contribution in [0, 0.1) is 39.4 Å². The molecule has 190 valence electrons. The van der Waals surface area contributed by atoms with Gasteiger partial charge in [-0.15, -0.1) is 0 Å². The van der Waals surface area contributed by atoms with Crippen molar-refractivity contribution in [3.05, 3.63) is 24.0 Å². The average molecular weight is 481 g/mol. The summed E-state index contributed by atoms with van der Waals surface area (Å²) in [6, 6.07) is 0. The van der Waals surface area contributed by atoms with Gasteiger partial charge in [0, 0.05) is 30.3 Å². The van der Waals surface area contributed by atoms with Crippen molar-refractivity contribution in [1.82, 2.24) is 0 Å². The van der Waals surface area contributed by atoms with Gasteiger partial charge in [-0.05, 0) is 93.5 Å². The van der Waals surface area contributed by atoms with Gasteiger partial charge in [0.1, 0.15) is 23.6 Å². The second-order valence-electron chi connectivity index (χ2n) is 14.4. The van der Waals surface area contributed by atoms with E-state index in [4.69, 9.17) is 14.2 Å². The molecule has 5 fully saturated rings. The highest BCUT2D eigenvalue weighted by Crippen LogP contribution is 2.90. The summed E-state index contributed by atoms with van der Waals surface area (Å²) in [5, 5.41) is 0. The molecule has 3 aliphatic heterocycles. The van der Waals surface area contributed by atoms with Crippen molar-refractivity contribution in [2.24, 2.45) is 39.4 Å². The van der Waals surface area contributed by atoms with Gasteiger partial charge >= 0.3 is 5.97 Å². The summed E-state index contributed by atoms with van der Waals surface area (Å²) in [6.07, 6.45) is 13.3. The average Bonchev–Trinajstić information content (AvgIpc) is 3.48. The van der Waals surface area contributed by atoms with Crippen LogP contribution < -0.4 is 0 Å². The summed E-state index contributed by atoms with van der Waals surface area (Å²) in [5.41, 5.74) is 0.488. The minimum absolute atomic E-state index is 0.0109.